The molecule has 0 N–H and O–H groups in total. The van der Waals surface area contributed by atoms with Crippen molar-refractivity contribution in [3.05, 3.63) is 120 Å². The fourth-order valence-electron chi connectivity index (χ4n) is 4.28. The van der Waals surface area contributed by atoms with Gasteiger partial charge in [0.25, 0.3) is 0 Å². The van der Waals surface area contributed by atoms with Crippen LogP contribution in [0, 0.1) is 127 Å². The molecule has 4 nitrogen and oxygen atoms in total. The highest BCUT2D eigenvalue weighted by Gasteiger charge is 2.43. The fourth-order valence-corrected chi connectivity index (χ4v) is 4.28. The SMILES string of the molecule is C#Cc1c(F)c(F)c(/C=C2/C(=C(C#N)c3c(F)c(F)c(C#N)c(F)c3F)/C2=C(/C#N)c2c(F)c(F)c(C#N)c(F)c2F)c(F)c1F. The van der Waals surface area contributed by atoms with E-state index in [9.17, 15) is 63.2 Å². The zero-order valence-corrected chi connectivity index (χ0v) is 21.5. The quantitative estimate of drug-likeness (QED) is 0.128. The lowest BCUT2D eigenvalue weighted by molar-refractivity contribution is 0.446. The minimum Gasteiger partial charge on any atom is -0.203 e. The lowest BCUT2D eigenvalue weighted by Crippen LogP contribution is -2.06. The molecule has 226 valence electrons. The molecule has 1 aliphatic rings. The Bertz CT molecular complexity index is 2080. The molecule has 0 aliphatic heterocycles. The normalized spacial score (nSPS) is 15.0. The van der Waals surface area contributed by atoms with E-state index in [-0.39, 0.29) is 6.08 Å². The maximum absolute atomic E-state index is 14.9. The Morgan fingerprint density at radius 3 is 1.02 bits per heavy atom. The van der Waals surface area contributed by atoms with Gasteiger partial charge in [-0.3, -0.25) is 0 Å². The Balaban J connectivity index is 2.27. The Morgan fingerprint density at radius 1 is 0.457 bits per heavy atom. The third-order valence-corrected chi connectivity index (χ3v) is 6.43. The molecule has 0 atom stereocenters. The number of rotatable bonds is 3. The third kappa shape index (κ3) is 4.51. The number of nitriles is 4. The van der Waals surface area contributed by atoms with Crippen molar-refractivity contribution in [2.24, 2.45) is 0 Å². The summed E-state index contributed by atoms with van der Waals surface area (Å²) in [7, 11) is 0. The van der Waals surface area contributed by atoms with Crippen molar-refractivity contribution >= 4 is 17.2 Å². The van der Waals surface area contributed by atoms with Crippen molar-refractivity contribution in [2.75, 3.05) is 0 Å². The Hall–Kier alpha value is -6.44. The average Bonchev–Trinajstić information content (AvgIpc) is 3.73. The molecular weight excluding hydrogens is 644 g/mol. The maximum atomic E-state index is 14.9. The summed E-state index contributed by atoms with van der Waals surface area (Å²) in [5.74, 6) is -26.8. The van der Waals surface area contributed by atoms with Crippen molar-refractivity contribution in [1.82, 2.24) is 0 Å². The highest BCUT2D eigenvalue weighted by atomic mass is 19.2. The molecule has 4 rings (SSSR count). The van der Waals surface area contributed by atoms with Crippen LogP contribution in [0.1, 0.15) is 33.4 Å². The van der Waals surface area contributed by atoms with Crippen LogP contribution in [0.15, 0.2) is 16.7 Å². The summed E-state index contributed by atoms with van der Waals surface area (Å²) in [6.45, 7) is 0. The van der Waals surface area contributed by atoms with Crippen molar-refractivity contribution < 1.29 is 52.7 Å². The minimum atomic E-state index is -2.44. The molecule has 0 spiro atoms. The zero-order valence-electron chi connectivity index (χ0n) is 21.5. The molecule has 0 bridgehead atoms. The second kappa shape index (κ2) is 11.6. The van der Waals surface area contributed by atoms with Gasteiger partial charge in [-0.1, -0.05) is 5.92 Å². The van der Waals surface area contributed by atoms with Gasteiger partial charge in [0.15, 0.2) is 69.8 Å². The van der Waals surface area contributed by atoms with E-state index in [0.717, 1.165) is 24.3 Å². The first-order valence-electron chi connectivity index (χ1n) is 11.5. The van der Waals surface area contributed by atoms with E-state index in [1.54, 1.807) is 0 Å². The van der Waals surface area contributed by atoms with Gasteiger partial charge < -0.3 is 0 Å². The first-order valence-corrected chi connectivity index (χ1v) is 11.5. The molecule has 1 saturated carbocycles. The van der Waals surface area contributed by atoms with E-state index in [1.165, 1.54) is 5.92 Å². The smallest absolute Gasteiger partial charge is 0.180 e. The summed E-state index contributed by atoms with van der Waals surface area (Å²) in [5, 5.41) is 37.1. The van der Waals surface area contributed by atoms with Crippen molar-refractivity contribution in [3.8, 4) is 36.6 Å². The van der Waals surface area contributed by atoms with E-state index in [0.29, 0.717) is 0 Å². The van der Waals surface area contributed by atoms with Gasteiger partial charge in [0.2, 0.25) is 0 Å². The summed E-state index contributed by atoms with van der Waals surface area (Å²) in [6.07, 6.45) is 4.83. The van der Waals surface area contributed by atoms with Crippen LogP contribution in [-0.4, -0.2) is 0 Å². The molecule has 1 fully saturated rings. The predicted octanol–water partition coefficient (Wildman–Crippen LogP) is 7.43. The number of nitrogens with zero attached hydrogens (tertiary/aromatic N) is 4. The van der Waals surface area contributed by atoms with Gasteiger partial charge in [-0.2, -0.15) is 21.0 Å². The standard InChI is InChI=1S/C30H2F12N4/c1-2-8-19(31)21(33)10(22(34)20(8)32)3-9-15(11(4-43)17-27(39)23(35)13(6-45)24(36)28(17)40)16(9)12(5-44)18-29(41)25(37)14(7-46)26(38)30(18)42/h1,3H/b9-3-,15-11?,16-12-. The number of benzene rings is 3. The largest absolute Gasteiger partial charge is 0.203 e. The van der Waals surface area contributed by atoms with Gasteiger partial charge in [0, 0.05) is 11.1 Å². The topological polar surface area (TPSA) is 95.2 Å². The summed E-state index contributed by atoms with van der Waals surface area (Å²) in [4.78, 5) is 0. The summed E-state index contributed by atoms with van der Waals surface area (Å²) in [5.41, 5.74) is -17.7. The molecular formula is C30H2F12N4. The van der Waals surface area contributed by atoms with Crippen LogP contribution in [0.5, 0.6) is 0 Å². The van der Waals surface area contributed by atoms with Gasteiger partial charge >= 0.3 is 0 Å². The van der Waals surface area contributed by atoms with Crippen LogP contribution >= 0.6 is 0 Å². The molecule has 0 saturated heterocycles. The second-order valence-corrected chi connectivity index (χ2v) is 8.71. The maximum Gasteiger partial charge on any atom is 0.180 e. The lowest BCUT2D eigenvalue weighted by atomic mass is 9.99. The molecule has 0 radical (unpaired) electrons. The van der Waals surface area contributed by atoms with Crippen LogP contribution < -0.4 is 0 Å². The van der Waals surface area contributed by atoms with E-state index in [2.05, 4.69) is 0 Å². The first kappa shape index (κ1) is 32.5. The molecule has 3 aromatic rings. The number of hydrogen-bond donors (Lipinski definition) is 0. The highest BCUT2D eigenvalue weighted by Crippen LogP contribution is 2.55. The summed E-state index contributed by atoms with van der Waals surface area (Å²) < 4.78 is 176. The molecule has 16 heteroatoms. The van der Waals surface area contributed by atoms with Gasteiger partial charge in [-0.05, 0) is 11.6 Å². The summed E-state index contributed by atoms with van der Waals surface area (Å²) in [6, 6.07) is 3.66. The van der Waals surface area contributed by atoms with Gasteiger partial charge in [0.05, 0.1) is 27.8 Å². The van der Waals surface area contributed by atoms with Gasteiger partial charge in [-0.15, -0.1) is 6.42 Å². The molecule has 0 heterocycles. The zero-order chi connectivity index (χ0) is 34.5. The highest BCUT2D eigenvalue weighted by molar-refractivity contribution is 6.08. The van der Waals surface area contributed by atoms with E-state index >= 15 is 0 Å². The van der Waals surface area contributed by atoms with E-state index < -0.39 is 131 Å². The van der Waals surface area contributed by atoms with E-state index in [4.69, 9.17) is 16.9 Å². The number of terminal acetylenes is 1. The van der Waals surface area contributed by atoms with Crippen molar-refractivity contribution in [3.63, 3.8) is 0 Å². The van der Waals surface area contributed by atoms with Gasteiger partial charge in [-0.25, -0.2) is 52.7 Å². The van der Waals surface area contributed by atoms with Crippen LogP contribution in [0.3, 0.4) is 0 Å². The monoisotopic (exact) mass is 646 g/mol. The minimum absolute atomic E-state index is 0.00874. The van der Waals surface area contributed by atoms with Crippen LogP contribution in [-0.2, 0) is 0 Å². The molecule has 0 aromatic heterocycles. The predicted molar refractivity (Wildman–Crippen MR) is 129 cm³/mol. The average molecular weight is 646 g/mol. The van der Waals surface area contributed by atoms with Crippen molar-refractivity contribution in [2.45, 2.75) is 0 Å². The Morgan fingerprint density at radius 2 is 0.761 bits per heavy atom. The van der Waals surface area contributed by atoms with Crippen LogP contribution in [0.25, 0.3) is 17.2 Å². The van der Waals surface area contributed by atoms with Crippen LogP contribution in [0.4, 0.5) is 52.7 Å². The summed E-state index contributed by atoms with van der Waals surface area (Å²) >= 11 is 0. The number of halogens is 12. The molecule has 0 amide bonds. The molecule has 0 unspecified atom stereocenters. The van der Waals surface area contributed by atoms with Crippen LogP contribution in [0.2, 0.25) is 0 Å². The second-order valence-electron chi connectivity index (χ2n) is 8.71. The third-order valence-electron chi connectivity index (χ3n) is 6.43. The Labute approximate surface area is 247 Å². The molecule has 1 aliphatic carbocycles. The number of allylic oxidation sites excluding steroid dienone is 5. The lowest BCUT2D eigenvalue weighted by Gasteiger charge is -2.08. The fraction of sp³-hybridized carbons (Fsp3) is 0. The molecule has 3 aromatic carbocycles. The Kier molecular flexibility index (Phi) is 8.17. The first-order chi connectivity index (χ1) is 21.7. The van der Waals surface area contributed by atoms with E-state index in [1.807, 2.05) is 0 Å². The van der Waals surface area contributed by atoms with Crippen molar-refractivity contribution in [1.29, 1.82) is 21.0 Å². The van der Waals surface area contributed by atoms with Gasteiger partial charge in [0.1, 0.15) is 41.0 Å². The number of hydrogen-bond acceptors (Lipinski definition) is 4. The molecule has 46 heavy (non-hydrogen) atoms.